The second kappa shape index (κ2) is 10.9. The van der Waals surface area contributed by atoms with Crippen LogP contribution < -0.4 is 9.46 Å². The lowest BCUT2D eigenvalue weighted by Crippen LogP contribution is -2.27. The van der Waals surface area contributed by atoms with Gasteiger partial charge in [0.1, 0.15) is 0 Å². The predicted octanol–water partition coefficient (Wildman–Crippen LogP) is 6.92. The Bertz CT molecular complexity index is 1650. The van der Waals surface area contributed by atoms with Crippen molar-refractivity contribution in [1.29, 1.82) is 0 Å². The van der Waals surface area contributed by atoms with Gasteiger partial charge in [-0.2, -0.15) is 10.1 Å². The predicted molar refractivity (Wildman–Crippen MR) is 162 cm³/mol. The molecule has 0 amide bonds. The first kappa shape index (κ1) is 28.8. The first-order valence-corrected chi connectivity index (χ1v) is 15.5. The van der Waals surface area contributed by atoms with Crippen LogP contribution in [-0.4, -0.2) is 34.8 Å². The number of nitrogens with zero attached hydrogens (tertiary/aromatic N) is 4. The van der Waals surface area contributed by atoms with Crippen molar-refractivity contribution >= 4 is 16.0 Å². The van der Waals surface area contributed by atoms with Crippen molar-refractivity contribution in [3.63, 3.8) is 0 Å². The van der Waals surface area contributed by atoms with Crippen molar-refractivity contribution < 1.29 is 13.2 Å². The maximum Gasteiger partial charge on any atom is 0.264 e. The number of hydrogen-bond acceptors (Lipinski definition) is 6. The zero-order valence-corrected chi connectivity index (χ0v) is 25.7. The van der Waals surface area contributed by atoms with Crippen molar-refractivity contribution in [1.82, 2.24) is 19.7 Å². The van der Waals surface area contributed by atoms with Crippen LogP contribution in [0.1, 0.15) is 75.3 Å². The fraction of sp³-hybridized carbons (Fsp3) is 0.406. The summed E-state index contributed by atoms with van der Waals surface area (Å²) in [7, 11) is -3.98. The number of nitrogens with one attached hydrogen (secondary N) is 1. The molecule has 41 heavy (non-hydrogen) atoms. The summed E-state index contributed by atoms with van der Waals surface area (Å²) in [6.07, 6.45) is 4.80. The highest BCUT2D eigenvalue weighted by Crippen LogP contribution is 2.40. The van der Waals surface area contributed by atoms with Crippen molar-refractivity contribution in [2.24, 2.45) is 11.3 Å². The normalized spacial score (nSPS) is 18.6. The first-order valence-electron chi connectivity index (χ1n) is 14.1. The Morgan fingerprint density at radius 2 is 1.73 bits per heavy atom. The van der Waals surface area contributed by atoms with Gasteiger partial charge in [-0.15, -0.1) is 0 Å². The van der Waals surface area contributed by atoms with E-state index in [9.17, 15) is 8.42 Å². The molecule has 0 radical (unpaired) electrons. The third kappa shape index (κ3) is 6.30. The maximum atomic E-state index is 13.7. The van der Waals surface area contributed by atoms with E-state index in [1.54, 1.807) is 24.3 Å². The molecule has 2 atom stereocenters. The number of benzene rings is 2. The highest BCUT2D eigenvalue weighted by molar-refractivity contribution is 7.92. The molecule has 0 spiro atoms. The minimum atomic E-state index is -3.98. The van der Waals surface area contributed by atoms with Crippen molar-refractivity contribution in [3.05, 3.63) is 83.2 Å². The lowest BCUT2D eigenvalue weighted by molar-refractivity contribution is 0.177. The Morgan fingerprint density at radius 3 is 2.39 bits per heavy atom. The van der Waals surface area contributed by atoms with Crippen LogP contribution in [0.15, 0.2) is 65.8 Å². The van der Waals surface area contributed by atoms with E-state index in [1.165, 1.54) is 0 Å². The van der Waals surface area contributed by atoms with Crippen LogP contribution in [0.4, 0.5) is 5.95 Å². The van der Waals surface area contributed by atoms with E-state index in [-0.39, 0.29) is 34.1 Å². The molecule has 0 saturated carbocycles. The first-order chi connectivity index (χ1) is 19.3. The molecule has 0 fully saturated rings. The average Bonchev–Trinajstić information content (AvgIpc) is 3.36. The zero-order valence-electron chi connectivity index (χ0n) is 24.8. The average molecular weight is 574 g/mol. The molecule has 8 nitrogen and oxygen atoms in total. The minimum Gasteiger partial charge on any atom is -0.477 e. The molecule has 1 aliphatic heterocycles. The molecular formula is C32H39N5O3S. The van der Waals surface area contributed by atoms with Crippen LogP contribution >= 0.6 is 0 Å². The van der Waals surface area contributed by atoms with Gasteiger partial charge in [-0.1, -0.05) is 51.1 Å². The molecule has 1 aliphatic rings. The number of rotatable bonds is 4. The number of anilines is 1. The smallest absolute Gasteiger partial charge is 0.264 e. The van der Waals surface area contributed by atoms with E-state index in [4.69, 9.17) is 4.74 Å². The molecule has 216 valence electrons. The Hall–Kier alpha value is -3.72. The van der Waals surface area contributed by atoms with Gasteiger partial charge in [0.05, 0.1) is 23.4 Å². The summed E-state index contributed by atoms with van der Waals surface area (Å²) in [5.41, 5.74) is 5.51. The monoisotopic (exact) mass is 573 g/mol. The Labute approximate surface area is 243 Å². The molecule has 0 aliphatic carbocycles. The second-order valence-electron chi connectivity index (χ2n) is 12.5. The summed E-state index contributed by atoms with van der Waals surface area (Å²) >= 11 is 0. The molecule has 3 heterocycles. The summed E-state index contributed by atoms with van der Waals surface area (Å²) in [6.45, 7) is 15.2. The summed E-state index contributed by atoms with van der Waals surface area (Å²) in [4.78, 5) is 9.29. The lowest BCUT2D eigenvalue weighted by Gasteiger charge is -2.32. The number of sulfonamides is 1. The molecule has 2 aromatic heterocycles. The molecule has 5 rings (SSSR count). The number of aromatic nitrogens is 4. The van der Waals surface area contributed by atoms with Gasteiger partial charge in [0.25, 0.3) is 10.0 Å². The third-order valence-corrected chi connectivity index (χ3v) is 8.82. The van der Waals surface area contributed by atoms with Gasteiger partial charge in [-0.3, -0.25) is 4.68 Å². The Morgan fingerprint density at radius 1 is 1.02 bits per heavy atom. The quantitative estimate of drug-likeness (QED) is 0.285. The van der Waals surface area contributed by atoms with Gasteiger partial charge in [-0.05, 0) is 73.9 Å². The molecule has 2 aromatic carbocycles. The standard InChI is InChI=1S/C32H39N5O3S/c1-20(2)37-18-25(17-33-37)30-23-12-9-13-26(14-23)41(38,39)36-31-34-27(29-21(3)10-8-11-22(29)4)15-28(35-31)40-19-24(30)16-32(5,6)7/h8-15,17-18,20,24,30H,16,19H2,1-7H3,(H,34,35,36)/t24-,30?/m1/s1. The van der Waals surface area contributed by atoms with Crippen LogP contribution in [0.3, 0.4) is 0 Å². The van der Waals surface area contributed by atoms with E-state index in [0.717, 1.165) is 34.2 Å². The fourth-order valence-corrected chi connectivity index (χ4v) is 6.73. The van der Waals surface area contributed by atoms with Crippen LogP contribution in [0.2, 0.25) is 0 Å². The van der Waals surface area contributed by atoms with Crippen molar-refractivity contribution in [2.75, 3.05) is 11.3 Å². The molecular weight excluding hydrogens is 534 g/mol. The minimum absolute atomic E-state index is 0.00668. The molecule has 4 bridgehead atoms. The third-order valence-electron chi connectivity index (χ3n) is 7.49. The summed E-state index contributed by atoms with van der Waals surface area (Å²) in [5, 5.41) is 4.63. The largest absolute Gasteiger partial charge is 0.477 e. The van der Waals surface area contributed by atoms with Gasteiger partial charge in [0.15, 0.2) is 0 Å². The van der Waals surface area contributed by atoms with E-state index in [2.05, 4.69) is 60.6 Å². The van der Waals surface area contributed by atoms with Gasteiger partial charge < -0.3 is 4.74 Å². The highest BCUT2D eigenvalue weighted by Gasteiger charge is 2.32. The number of ether oxygens (including phenoxy) is 1. The molecule has 0 saturated heterocycles. The van der Waals surface area contributed by atoms with Crippen LogP contribution in [-0.2, 0) is 10.0 Å². The molecule has 1 unspecified atom stereocenters. The Balaban J connectivity index is 1.70. The van der Waals surface area contributed by atoms with E-state index >= 15 is 0 Å². The topological polar surface area (TPSA) is 99.0 Å². The fourth-order valence-electron chi connectivity index (χ4n) is 5.73. The summed E-state index contributed by atoms with van der Waals surface area (Å²) in [6, 6.07) is 15.2. The van der Waals surface area contributed by atoms with E-state index < -0.39 is 10.0 Å². The maximum absolute atomic E-state index is 13.7. The van der Waals surface area contributed by atoms with E-state index in [1.807, 2.05) is 49.0 Å². The van der Waals surface area contributed by atoms with Gasteiger partial charge >= 0.3 is 0 Å². The van der Waals surface area contributed by atoms with E-state index in [0.29, 0.717) is 18.2 Å². The Kier molecular flexibility index (Phi) is 7.68. The SMILES string of the molecule is Cc1cccc(C)c1-c1cc2nc(n1)NS(=O)(=O)c1cccc(c1)C(c1cnn(C(C)C)c1)[C@H](CC(C)(C)C)CO2. The number of fused-ring (bicyclic) bond motifs is 4. The molecule has 1 N–H and O–H groups in total. The van der Waals surface area contributed by atoms with Gasteiger partial charge in [0.2, 0.25) is 11.8 Å². The van der Waals surface area contributed by atoms with Gasteiger partial charge in [0, 0.05) is 35.7 Å². The van der Waals surface area contributed by atoms with Crippen molar-refractivity contribution in [3.8, 4) is 17.1 Å². The van der Waals surface area contributed by atoms with Crippen molar-refractivity contribution in [2.45, 2.75) is 71.7 Å². The second-order valence-corrected chi connectivity index (χ2v) is 14.2. The molecule has 4 aromatic rings. The highest BCUT2D eigenvalue weighted by atomic mass is 32.2. The van der Waals surface area contributed by atoms with Crippen LogP contribution in [0.5, 0.6) is 5.88 Å². The van der Waals surface area contributed by atoms with Gasteiger partial charge in [-0.25, -0.2) is 18.1 Å². The molecule has 9 heteroatoms. The summed E-state index contributed by atoms with van der Waals surface area (Å²) < 4.78 is 38.3. The van der Waals surface area contributed by atoms with Crippen LogP contribution in [0.25, 0.3) is 11.3 Å². The van der Waals surface area contributed by atoms with Crippen LogP contribution in [0, 0.1) is 25.2 Å². The number of hydrogen-bond donors (Lipinski definition) is 1. The lowest BCUT2D eigenvalue weighted by atomic mass is 9.74. The zero-order chi connectivity index (χ0) is 29.5. The number of aryl methyl sites for hydroxylation is 2. The summed E-state index contributed by atoms with van der Waals surface area (Å²) in [5.74, 6) is 0.172.